The maximum atomic E-state index is 12.9. The molecule has 2 amide bonds. The normalized spacial score (nSPS) is 11.8. The average Bonchev–Trinajstić information content (AvgIpc) is 2.33. The van der Waals surface area contributed by atoms with Crippen LogP contribution in [-0.4, -0.2) is 28.9 Å². The zero-order chi connectivity index (χ0) is 15.4. The van der Waals surface area contributed by atoms with Crippen LogP contribution in [0, 0.1) is 17.5 Å². The third-order valence-corrected chi connectivity index (χ3v) is 2.25. The van der Waals surface area contributed by atoms with Crippen LogP contribution in [0.2, 0.25) is 0 Å². The van der Waals surface area contributed by atoms with Crippen molar-refractivity contribution in [3.63, 3.8) is 0 Å². The van der Waals surface area contributed by atoms with E-state index in [2.05, 4.69) is 0 Å². The molecule has 0 saturated heterocycles. The number of carboxylic acid groups (broad SMARTS) is 1. The first-order valence-corrected chi connectivity index (χ1v) is 5.19. The smallest absolute Gasteiger partial charge is 0.326 e. The molecule has 1 atom stereocenters. The summed E-state index contributed by atoms with van der Waals surface area (Å²) < 4.78 is 38.5. The molecule has 1 rings (SSSR count). The molecule has 108 valence electrons. The Hall–Kier alpha value is -2.58. The van der Waals surface area contributed by atoms with E-state index < -0.39 is 53.3 Å². The SMILES string of the molecule is NC(=O)C[C@@H](NC(=O)c1cc(F)c(F)c(F)c1)C(=O)O. The predicted octanol–water partition coefficient (Wildman–Crippen LogP) is 0.162. The van der Waals surface area contributed by atoms with E-state index in [1.165, 1.54) is 0 Å². The molecule has 0 aliphatic rings. The van der Waals surface area contributed by atoms with Crippen molar-refractivity contribution in [1.82, 2.24) is 5.32 Å². The Labute approximate surface area is 110 Å². The van der Waals surface area contributed by atoms with Crippen molar-refractivity contribution < 1.29 is 32.7 Å². The zero-order valence-corrected chi connectivity index (χ0v) is 9.82. The number of nitrogens with one attached hydrogen (secondary N) is 1. The lowest BCUT2D eigenvalue weighted by Gasteiger charge is -2.13. The molecule has 0 spiro atoms. The molecule has 0 aromatic heterocycles. The largest absolute Gasteiger partial charge is 0.480 e. The van der Waals surface area contributed by atoms with Crippen LogP contribution in [0.25, 0.3) is 0 Å². The number of amides is 2. The van der Waals surface area contributed by atoms with Crippen LogP contribution in [0.5, 0.6) is 0 Å². The van der Waals surface area contributed by atoms with E-state index in [0.29, 0.717) is 12.1 Å². The summed E-state index contributed by atoms with van der Waals surface area (Å²) >= 11 is 0. The van der Waals surface area contributed by atoms with Gasteiger partial charge in [-0.15, -0.1) is 0 Å². The van der Waals surface area contributed by atoms with Gasteiger partial charge in [-0.25, -0.2) is 18.0 Å². The van der Waals surface area contributed by atoms with Gasteiger partial charge in [-0.3, -0.25) is 9.59 Å². The second kappa shape index (κ2) is 6.04. The molecule has 0 bridgehead atoms. The van der Waals surface area contributed by atoms with Gasteiger partial charge in [-0.2, -0.15) is 0 Å². The Morgan fingerprint density at radius 1 is 1.20 bits per heavy atom. The monoisotopic (exact) mass is 290 g/mol. The summed E-state index contributed by atoms with van der Waals surface area (Å²) in [5.74, 6) is -8.69. The number of rotatable bonds is 5. The third kappa shape index (κ3) is 3.70. The lowest BCUT2D eigenvalue weighted by molar-refractivity contribution is -0.140. The Kier molecular flexibility index (Phi) is 4.68. The molecular formula is C11H9F3N2O4. The average molecular weight is 290 g/mol. The molecule has 0 aliphatic carbocycles. The first kappa shape index (κ1) is 15.5. The van der Waals surface area contributed by atoms with E-state index in [1.807, 2.05) is 5.32 Å². The molecule has 0 heterocycles. The van der Waals surface area contributed by atoms with Crippen molar-refractivity contribution in [2.45, 2.75) is 12.5 Å². The van der Waals surface area contributed by atoms with Crippen LogP contribution in [0.1, 0.15) is 16.8 Å². The molecule has 0 aliphatic heterocycles. The highest BCUT2D eigenvalue weighted by Gasteiger charge is 2.24. The predicted molar refractivity (Wildman–Crippen MR) is 59.0 cm³/mol. The van der Waals surface area contributed by atoms with Gasteiger partial charge < -0.3 is 16.2 Å². The first-order valence-electron chi connectivity index (χ1n) is 5.19. The van der Waals surface area contributed by atoms with Gasteiger partial charge in [0.25, 0.3) is 5.91 Å². The molecule has 0 fully saturated rings. The number of primary amides is 1. The zero-order valence-electron chi connectivity index (χ0n) is 9.82. The summed E-state index contributed by atoms with van der Waals surface area (Å²) in [7, 11) is 0. The van der Waals surface area contributed by atoms with Gasteiger partial charge >= 0.3 is 5.97 Å². The number of carbonyl (C=O) groups excluding carboxylic acids is 2. The van der Waals surface area contributed by atoms with Crippen LogP contribution in [0.3, 0.4) is 0 Å². The van der Waals surface area contributed by atoms with E-state index in [4.69, 9.17) is 10.8 Å². The standard InChI is InChI=1S/C11H9F3N2O4/c12-5-1-4(2-6(13)9(5)14)10(18)16-7(11(19)20)3-8(15)17/h1-2,7H,3H2,(H2,15,17)(H,16,18)(H,19,20)/t7-/m1/s1. The van der Waals surface area contributed by atoms with E-state index in [1.54, 1.807) is 0 Å². The minimum absolute atomic E-state index is 0.400. The van der Waals surface area contributed by atoms with Crippen LogP contribution < -0.4 is 11.1 Å². The number of carboxylic acids is 1. The molecule has 1 aromatic carbocycles. The Bertz CT molecular complexity index is 554. The minimum atomic E-state index is -1.76. The Balaban J connectivity index is 2.95. The third-order valence-electron chi connectivity index (χ3n) is 2.25. The lowest BCUT2D eigenvalue weighted by atomic mass is 10.1. The van der Waals surface area contributed by atoms with Crippen molar-refractivity contribution >= 4 is 17.8 Å². The summed E-state index contributed by atoms with van der Waals surface area (Å²) in [6, 6.07) is -0.857. The van der Waals surface area contributed by atoms with Crippen LogP contribution >= 0.6 is 0 Å². The topological polar surface area (TPSA) is 109 Å². The van der Waals surface area contributed by atoms with Gasteiger partial charge in [-0.1, -0.05) is 0 Å². The maximum absolute atomic E-state index is 12.9. The minimum Gasteiger partial charge on any atom is -0.480 e. The second-order valence-electron chi connectivity index (χ2n) is 3.79. The van der Waals surface area contributed by atoms with Crippen molar-refractivity contribution in [3.8, 4) is 0 Å². The molecule has 1 aromatic rings. The summed E-state index contributed by atoms with van der Waals surface area (Å²) in [6.07, 6.45) is -0.701. The van der Waals surface area contributed by atoms with E-state index >= 15 is 0 Å². The van der Waals surface area contributed by atoms with Crippen LogP contribution in [0.4, 0.5) is 13.2 Å². The number of carbonyl (C=O) groups is 3. The van der Waals surface area contributed by atoms with Crippen molar-refractivity contribution in [2.75, 3.05) is 0 Å². The molecule has 20 heavy (non-hydrogen) atoms. The highest BCUT2D eigenvalue weighted by atomic mass is 19.2. The van der Waals surface area contributed by atoms with Gasteiger partial charge in [0.2, 0.25) is 5.91 Å². The maximum Gasteiger partial charge on any atom is 0.326 e. The highest BCUT2D eigenvalue weighted by Crippen LogP contribution is 2.13. The quantitative estimate of drug-likeness (QED) is 0.671. The summed E-state index contributed by atoms with van der Waals surface area (Å²) in [6.45, 7) is 0. The number of aliphatic carboxylic acids is 1. The fourth-order valence-electron chi connectivity index (χ4n) is 1.33. The molecule has 9 heteroatoms. The van der Waals surface area contributed by atoms with E-state index in [0.717, 1.165) is 0 Å². The molecule has 0 saturated carbocycles. The fourth-order valence-corrected chi connectivity index (χ4v) is 1.33. The fraction of sp³-hybridized carbons (Fsp3) is 0.182. The van der Waals surface area contributed by atoms with Crippen molar-refractivity contribution in [3.05, 3.63) is 35.1 Å². The molecule has 6 nitrogen and oxygen atoms in total. The number of hydrogen-bond donors (Lipinski definition) is 3. The second-order valence-corrected chi connectivity index (χ2v) is 3.79. The van der Waals surface area contributed by atoms with Gasteiger partial charge in [0.15, 0.2) is 17.5 Å². The van der Waals surface area contributed by atoms with Gasteiger partial charge in [0, 0.05) is 5.56 Å². The molecule has 0 unspecified atom stereocenters. The van der Waals surface area contributed by atoms with Gasteiger partial charge in [-0.05, 0) is 12.1 Å². The van der Waals surface area contributed by atoms with Crippen LogP contribution in [-0.2, 0) is 9.59 Å². The van der Waals surface area contributed by atoms with Crippen molar-refractivity contribution in [2.24, 2.45) is 5.73 Å². The highest BCUT2D eigenvalue weighted by molar-refractivity contribution is 5.97. The van der Waals surface area contributed by atoms with Crippen molar-refractivity contribution in [1.29, 1.82) is 0 Å². The number of nitrogens with two attached hydrogens (primary N) is 1. The molecular weight excluding hydrogens is 281 g/mol. The summed E-state index contributed by atoms with van der Waals surface area (Å²) in [4.78, 5) is 33.0. The van der Waals surface area contributed by atoms with Crippen LogP contribution in [0.15, 0.2) is 12.1 Å². The summed E-state index contributed by atoms with van der Waals surface area (Å²) in [5.41, 5.74) is 4.16. The summed E-state index contributed by atoms with van der Waals surface area (Å²) in [5, 5.41) is 10.6. The Morgan fingerprint density at radius 3 is 2.10 bits per heavy atom. The van der Waals surface area contributed by atoms with Gasteiger partial charge in [0.05, 0.1) is 6.42 Å². The number of halogens is 3. The van der Waals surface area contributed by atoms with E-state index in [-0.39, 0.29) is 0 Å². The Morgan fingerprint density at radius 2 is 1.70 bits per heavy atom. The first-order chi connectivity index (χ1) is 9.22. The number of benzene rings is 1. The molecule has 4 N–H and O–H groups in total. The molecule has 0 radical (unpaired) electrons. The van der Waals surface area contributed by atoms with E-state index in [9.17, 15) is 27.6 Å². The number of hydrogen-bond acceptors (Lipinski definition) is 3. The van der Waals surface area contributed by atoms with Gasteiger partial charge in [0.1, 0.15) is 6.04 Å². The lowest BCUT2D eigenvalue weighted by Crippen LogP contribution is -2.43.